The Morgan fingerprint density at radius 2 is 0.894 bits per heavy atom. The Balaban J connectivity index is 0.000000296. The van der Waals surface area contributed by atoms with E-state index in [1.54, 1.807) is 9.80 Å². The third-order valence-corrected chi connectivity index (χ3v) is 28.7. The highest BCUT2D eigenvalue weighted by molar-refractivity contribution is 8.21. The van der Waals surface area contributed by atoms with Crippen LogP contribution < -0.4 is 30.1 Å². The van der Waals surface area contributed by atoms with E-state index in [4.69, 9.17) is 37.5 Å². The topological polar surface area (TPSA) is 353 Å². The maximum atomic E-state index is 13.2. The number of fused-ring (bicyclic) bond motifs is 2. The summed E-state index contributed by atoms with van der Waals surface area (Å²) in [6, 6.07) is 6.66. The lowest BCUT2D eigenvalue weighted by Crippen LogP contribution is -2.46. The van der Waals surface area contributed by atoms with Gasteiger partial charge < -0.3 is 46.2 Å². The van der Waals surface area contributed by atoms with Gasteiger partial charge in [0.2, 0.25) is 30.1 Å². The zero-order valence-electron chi connectivity index (χ0n) is 66.4. The average molecular weight is 1750 g/mol. The molecule has 0 bridgehead atoms. The van der Waals surface area contributed by atoms with Gasteiger partial charge in [-0.05, 0) is 235 Å². The monoisotopic (exact) mass is 1740 g/mol. The van der Waals surface area contributed by atoms with Crippen molar-refractivity contribution < 1.29 is 81.6 Å². The van der Waals surface area contributed by atoms with Gasteiger partial charge in [0.15, 0.2) is 0 Å². The van der Waals surface area contributed by atoms with Crippen molar-refractivity contribution in [3.05, 3.63) is 65.3 Å². The van der Waals surface area contributed by atoms with Gasteiger partial charge in [-0.1, -0.05) is 99.6 Å². The number of hydrogen-bond donors (Lipinski definition) is 5. The molecule has 2 aromatic heterocycles. The van der Waals surface area contributed by atoms with E-state index in [2.05, 4.69) is 39.4 Å². The number of nitrogens with one attached hydrogen (secondary N) is 4. The first kappa shape index (κ1) is 101. The molecule has 4 atom stereocenters. The fourth-order valence-corrected chi connectivity index (χ4v) is 21.2. The summed E-state index contributed by atoms with van der Waals surface area (Å²) in [4.78, 5) is 45.1. The zero-order valence-corrected chi connectivity index (χ0v) is 72.0. The number of ether oxygens (including phenoxy) is 2. The number of benzene rings is 2. The summed E-state index contributed by atoms with van der Waals surface area (Å²) in [5.74, 6) is 1.61. The van der Waals surface area contributed by atoms with E-state index in [9.17, 15) is 61.2 Å². The predicted octanol–water partition coefficient (Wildman–Crippen LogP) is 15.1. The molecule has 2 amide bonds. The molecule has 8 fully saturated rings. The number of rotatable bonds is 15. The second-order valence-corrected chi connectivity index (χ2v) is 40.3. The third kappa shape index (κ3) is 35.0. The molecular weight excluding hydrogens is 1620 g/mol. The van der Waals surface area contributed by atoms with Crippen molar-refractivity contribution >= 4 is 116 Å². The van der Waals surface area contributed by atoms with E-state index in [1.807, 2.05) is 46.4 Å². The Hall–Kier alpha value is -4.17. The van der Waals surface area contributed by atoms with Crippen LogP contribution in [-0.4, -0.2) is 189 Å². The first-order chi connectivity index (χ1) is 51.9. The molecule has 37 heteroatoms. The summed E-state index contributed by atoms with van der Waals surface area (Å²) in [6.07, 6.45) is 22.2. The van der Waals surface area contributed by atoms with Crippen LogP contribution in [0.3, 0.4) is 0 Å². The number of halogens is 9. The maximum Gasteiger partial charge on any atom is 0.416 e. The SMILES string of the molecule is CC(C)(C)OC(=O)N1CCCC(CN)C1.CC(C)(C)OC(=O)N1CCCC(CNS(=O)(=O)C2CCCCC2)C1.Cl.ClSC1CCCCC1.FC(F)(F)c1ccc2ncnc(Cl)c2c1.O.O.O=S(=O)(NCC1CCCN(c2ncnc3ccc(C(F)(F)F)cc23)C1)C1CCCCC1.O=S(=O)(NCC1CCCNC1)C1CCCCC1. The molecule has 24 nitrogen and oxygen atoms in total. The van der Waals surface area contributed by atoms with Crippen LogP contribution in [0.2, 0.25) is 5.15 Å². The number of alkyl halides is 6. The van der Waals surface area contributed by atoms with Crippen molar-refractivity contribution in [2.45, 2.75) is 266 Å². The van der Waals surface area contributed by atoms with Gasteiger partial charge in [-0.2, -0.15) is 26.3 Å². The second-order valence-electron chi connectivity index (χ2n) is 32.4. The highest BCUT2D eigenvalue weighted by Crippen LogP contribution is 2.37. The minimum atomic E-state index is -4.44. The van der Waals surface area contributed by atoms with E-state index in [0.717, 1.165) is 184 Å². The molecule has 0 radical (unpaired) electrons. The van der Waals surface area contributed by atoms with Gasteiger partial charge in [0.1, 0.15) is 34.8 Å². The number of amides is 2. The first-order valence-electron chi connectivity index (χ1n) is 39.6. The predicted molar refractivity (Wildman–Crippen MR) is 441 cm³/mol. The van der Waals surface area contributed by atoms with Crippen LogP contribution in [0.1, 0.15) is 232 Å². The number of carbonyl (C=O) groups is 2. The second kappa shape index (κ2) is 48.2. The van der Waals surface area contributed by atoms with Crippen molar-refractivity contribution in [3.8, 4) is 0 Å². The fourth-order valence-electron chi connectivity index (χ4n) is 15.0. The van der Waals surface area contributed by atoms with Gasteiger partial charge in [-0.15, -0.1) is 12.4 Å². The highest BCUT2D eigenvalue weighted by atomic mass is 35.7. The summed E-state index contributed by atoms with van der Waals surface area (Å²) >= 11 is 5.66. The average Bonchev–Trinajstić information content (AvgIpc) is 0.790. The molecule has 10 N–H and O–H groups in total. The normalized spacial score (nSPS) is 21.5. The first-order valence-corrected chi connectivity index (χ1v) is 46.3. The van der Waals surface area contributed by atoms with E-state index in [1.165, 1.54) is 74.3 Å². The molecule has 4 unspecified atom stereocenters. The van der Waals surface area contributed by atoms with Gasteiger partial charge in [0.05, 0.1) is 37.9 Å². The Bertz CT molecular complexity index is 3830. The quantitative estimate of drug-likeness (QED) is 0.0545. The van der Waals surface area contributed by atoms with Crippen LogP contribution in [0.4, 0.5) is 41.7 Å². The molecule has 4 aliphatic heterocycles. The highest BCUT2D eigenvalue weighted by Gasteiger charge is 2.37. The van der Waals surface area contributed by atoms with Crippen molar-refractivity contribution in [2.75, 3.05) is 83.4 Å². The number of piperidine rings is 4. The molecule has 2 aromatic carbocycles. The summed E-state index contributed by atoms with van der Waals surface area (Å²) in [5.41, 5.74) is 4.06. The van der Waals surface area contributed by atoms with Crippen LogP contribution in [0, 0.1) is 23.7 Å². The number of anilines is 1. The van der Waals surface area contributed by atoms with Crippen LogP contribution in [0.15, 0.2) is 49.1 Å². The van der Waals surface area contributed by atoms with Crippen molar-refractivity contribution in [3.63, 3.8) is 0 Å². The molecule has 4 aromatic rings. The Kier molecular flexibility index (Phi) is 43.1. The minimum absolute atomic E-state index is 0. The van der Waals surface area contributed by atoms with Crippen molar-refractivity contribution in [1.29, 1.82) is 0 Å². The van der Waals surface area contributed by atoms with Crippen LogP contribution >= 0.6 is 45.7 Å². The number of carbonyl (C=O) groups excluding carboxylic acids is 2. The minimum Gasteiger partial charge on any atom is -0.444 e. The molecule has 12 rings (SSSR count). The van der Waals surface area contributed by atoms with Gasteiger partial charge >= 0.3 is 24.5 Å². The zero-order chi connectivity index (χ0) is 80.3. The molecule has 8 aliphatic rings. The van der Waals surface area contributed by atoms with Crippen LogP contribution in [0.25, 0.3) is 21.8 Å². The number of aromatic nitrogens is 4. The van der Waals surface area contributed by atoms with Crippen LogP contribution in [-0.2, 0) is 51.9 Å². The Morgan fingerprint density at radius 3 is 1.30 bits per heavy atom. The molecule has 113 heavy (non-hydrogen) atoms. The van der Waals surface area contributed by atoms with E-state index < -0.39 is 64.8 Å². The fraction of sp³-hybridized carbons (Fsp3) is 0.763. The van der Waals surface area contributed by atoms with E-state index in [-0.39, 0.29) is 73.7 Å². The standard InChI is InChI=1S/C21H27F3N4O2S.C17H32N2O4S.C12H24N2O2S.C11H22N2O2.C9H4ClF3N2.C6H11ClS.ClH.2H2O/c22-21(23,24)16-8-9-19-18(11-16)20(26-14-25-19)28-10-4-5-15(13-28)12-27-31(29,30)17-6-2-1-3-7-17;1-17(2,3)23-16(20)19-11-7-8-14(13-19)12-18-24(21,22)15-9-5-4-6-10-15;15-17(16,12-6-2-1-3-7-12)14-10-11-5-4-8-13-9-11;1-11(2,3)15-10(14)13-6-4-5-9(7-12)8-13;10-8-6-3-5(9(11,12)13)1-2-7(6)14-4-15-8;7-8-6-4-2-1-3-5-6;;;/h8-9,11,14-15,17,27H,1-7,10,12-13H2;14-15,18H,4-13H2,1-3H3;11-14H,1-10H2;9H,4-8,12H2,1-3H3;1-4H;6H,1-5H2;1H;2*1H2. The molecule has 648 valence electrons. The Morgan fingerprint density at radius 1 is 0.513 bits per heavy atom. The number of hydrogen-bond acceptors (Lipinski definition) is 18. The number of likely N-dealkylation sites (tertiary alicyclic amines) is 2. The molecule has 6 heterocycles. The van der Waals surface area contributed by atoms with Gasteiger partial charge in [0, 0.05) is 74.9 Å². The lowest BCUT2D eigenvalue weighted by Gasteiger charge is -2.34. The smallest absolute Gasteiger partial charge is 0.416 e. The van der Waals surface area contributed by atoms with Gasteiger partial charge in [0.25, 0.3) is 0 Å². The number of nitrogens with two attached hydrogens (primary N) is 1. The van der Waals surface area contributed by atoms with Gasteiger partial charge in [-0.3, -0.25) is 0 Å². The summed E-state index contributed by atoms with van der Waals surface area (Å²) in [5, 5.41) is 3.99. The van der Waals surface area contributed by atoms with E-state index in [0.29, 0.717) is 99.3 Å². The van der Waals surface area contributed by atoms with Gasteiger partial charge in [-0.25, -0.2) is 68.9 Å². The summed E-state index contributed by atoms with van der Waals surface area (Å²) in [7, 11) is -2.52. The summed E-state index contributed by atoms with van der Waals surface area (Å²) in [6.45, 7) is 19.2. The summed E-state index contributed by atoms with van der Waals surface area (Å²) < 4.78 is 170. The molecule has 4 saturated heterocycles. The molecule has 4 aliphatic carbocycles. The molecule has 4 saturated carbocycles. The lowest BCUT2D eigenvalue weighted by molar-refractivity contribution is -0.138. The lowest BCUT2D eigenvalue weighted by atomic mass is 9.98. The molecular formula is C76H125Cl3F6N12O12S4. The van der Waals surface area contributed by atoms with Crippen molar-refractivity contribution in [1.82, 2.24) is 49.2 Å². The number of nitrogens with zero attached hydrogens (tertiary/aromatic N) is 7. The number of sulfonamides is 3. The third-order valence-electron chi connectivity index (χ3n) is 21.1. The van der Waals surface area contributed by atoms with E-state index >= 15 is 0 Å². The van der Waals surface area contributed by atoms with Crippen molar-refractivity contribution in [2.24, 2.45) is 29.4 Å². The molecule has 0 spiro atoms. The Labute approximate surface area is 686 Å². The maximum absolute atomic E-state index is 13.2. The largest absolute Gasteiger partial charge is 0.444 e. The van der Waals surface area contributed by atoms with Crippen LogP contribution in [0.5, 0.6) is 0 Å².